The summed E-state index contributed by atoms with van der Waals surface area (Å²) in [5, 5.41) is 3.32. The molecule has 1 unspecified atom stereocenters. The molecule has 0 saturated carbocycles. The molecule has 1 saturated heterocycles. The van der Waals surface area contributed by atoms with Crippen molar-refractivity contribution in [3.8, 4) is 0 Å². The lowest BCUT2D eigenvalue weighted by molar-refractivity contribution is 0.261. The first-order valence-corrected chi connectivity index (χ1v) is 8.70. The van der Waals surface area contributed by atoms with Crippen LogP contribution >= 0.6 is 0 Å². The summed E-state index contributed by atoms with van der Waals surface area (Å²) in [6.45, 7) is 2.68. The van der Waals surface area contributed by atoms with Crippen LogP contribution in [0.15, 0.2) is 24.3 Å². The average Bonchev–Trinajstić information content (AvgIpc) is 2.40. The van der Waals surface area contributed by atoms with Gasteiger partial charge >= 0.3 is 0 Å². The number of nitrogens with one attached hydrogen (secondary N) is 1. The van der Waals surface area contributed by atoms with Gasteiger partial charge in [-0.05, 0) is 43.0 Å². The van der Waals surface area contributed by atoms with Crippen LogP contribution in [0.4, 0.5) is 4.39 Å². The molecule has 1 heterocycles. The third-order valence-corrected chi connectivity index (χ3v) is 4.90. The normalized spacial score (nSPS) is 21.0. The van der Waals surface area contributed by atoms with E-state index >= 15 is 0 Å². The van der Waals surface area contributed by atoms with Crippen molar-refractivity contribution in [2.75, 3.05) is 25.9 Å². The molecule has 0 aromatic heterocycles. The molecule has 0 aliphatic carbocycles. The highest BCUT2D eigenvalue weighted by atomic mass is 32.2. The van der Waals surface area contributed by atoms with Crippen molar-refractivity contribution in [3.63, 3.8) is 0 Å². The van der Waals surface area contributed by atoms with Gasteiger partial charge in [0, 0.05) is 19.6 Å². The molecule has 1 N–H and O–H groups in total. The maximum absolute atomic E-state index is 12.8. The van der Waals surface area contributed by atoms with Gasteiger partial charge in [-0.2, -0.15) is 0 Å². The van der Waals surface area contributed by atoms with Gasteiger partial charge in [-0.3, -0.25) is 0 Å². The van der Waals surface area contributed by atoms with E-state index in [9.17, 15) is 12.8 Å². The van der Waals surface area contributed by atoms with E-state index < -0.39 is 10.0 Å². The number of piperidine rings is 1. The highest BCUT2D eigenvalue weighted by Crippen LogP contribution is 2.18. The molecule has 4 nitrogen and oxygen atoms in total. The number of benzene rings is 1. The van der Waals surface area contributed by atoms with Gasteiger partial charge in [0.05, 0.1) is 6.26 Å². The van der Waals surface area contributed by atoms with Crippen molar-refractivity contribution < 1.29 is 12.8 Å². The van der Waals surface area contributed by atoms with Gasteiger partial charge in [-0.1, -0.05) is 12.1 Å². The van der Waals surface area contributed by atoms with E-state index in [1.807, 2.05) is 0 Å². The molecule has 1 aliphatic rings. The first-order valence-electron chi connectivity index (χ1n) is 6.85. The van der Waals surface area contributed by atoms with E-state index in [0.717, 1.165) is 24.9 Å². The van der Waals surface area contributed by atoms with Crippen LogP contribution in [-0.4, -0.2) is 38.6 Å². The number of hydrogen-bond acceptors (Lipinski definition) is 3. The first kappa shape index (κ1) is 15.4. The number of rotatable bonds is 5. The molecule has 1 aromatic rings. The predicted octanol–water partition coefficient (Wildman–Crippen LogP) is 1.59. The van der Waals surface area contributed by atoms with Gasteiger partial charge in [-0.15, -0.1) is 0 Å². The molecule has 1 aliphatic heterocycles. The average molecular weight is 300 g/mol. The summed E-state index contributed by atoms with van der Waals surface area (Å²) in [5.41, 5.74) is 1.03. The molecule has 112 valence electrons. The molecular formula is C14H21FN2O2S. The Bertz CT molecular complexity index is 531. The Hall–Kier alpha value is -0.980. The minimum Gasteiger partial charge on any atom is -0.312 e. The second-order valence-corrected chi connectivity index (χ2v) is 7.37. The first-order chi connectivity index (χ1) is 9.45. The maximum atomic E-state index is 12.8. The van der Waals surface area contributed by atoms with Crippen molar-refractivity contribution in [3.05, 3.63) is 35.6 Å². The Balaban J connectivity index is 1.78. The minimum absolute atomic E-state index is 0.232. The SMILES string of the molecule is CS(=O)(=O)N1CCCC(CNCc2ccc(F)cc2)C1. The topological polar surface area (TPSA) is 49.4 Å². The maximum Gasteiger partial charge on any atom is 0.211 e. The summed E-state index contributed by atoms with van der Waals surface area (Å²) in [6.07, 6.45) is 3.22. The third kappa shape index (κ3) is 4.54. The molecule has 1 fully saturated rings. The van der Waals surface area contributed by atoms with Gasteiger partial charge < -0.3 is 5.32 Å². The summed E-state index contributed by atoms with van der Waals surface area (Å²) in [4.78, 5) is 0. The van der Waals surface area contributed by atoms with E-state index in [-0.39, 0.29) is 5.82 Å². The fourth-order valence-electron chi connectivity index (χ4n) is 2.52. The lowest BCUT2D eigenvalue weighted by atomic mass is 9.99. The van der Waals surface area contributed by atoms with Crippen LogP contribution in [-0.2, 0) is 16.6 Å². The van der Waals surface area contributed by atoms with Crippen molar-refractivity contribution in [2.24, 2.45) is 5.92 Å². The van der Waals surface area contributed by atoms with Gasteiger partial charge in [0.2, 0.25) is 10.0 Å². The highest BCUT2D eigenvalue weighted by Gasteiger charge is 2.25. The highest BCUT2D eigenvalue weighted by molar-refractivity contribution is 7.88. The minimum atomic E-state index is -3.08. The van der Waals surface area contributed by atoms with Crippen LogP contribution < -0.4 is 5.32 Å². The van der Waals surface area contributed by atoms with Crippen LogP contribution in [0, 0.1) is 11.7 Å². The summed E-state index contributed by atoms with van der Waals surface area (Å²) in [6, 6.07) is 6.41. The molecular weight excluding hydrogens is 279 g/mol. The van der Waals surface area contributed by atoms with E-state index in [1.165, 1.54) is 18.4 Å². The third-order valence-electron chi connectivity index (χ3n) is 3.63. The van der Waals surface area contributed by atoms with Gasteiger partial charge in [0.25, 0.3) is 0 Å². The molecule has 6 heteroatoms. The second-order valence-electron chi connectivity index (χ2n) is 5.39. The molecule has 20 heavy (non-hydrogen) atoms. The van der Waals surface area contributed by atoms with Crippen LogP contribution in [0.1, 0.15) is 18.4 Å². The van der Waals surface area contributed by atoms with Crippen LogP contribution in [0.5, 0.6) is 0 Å². The Kier molecular flexibility index (Phi) is 5.12. The van der Waals surface area contributed by atoms with Crippen LogP contribution in [0.3, 0.4) is 0 Å². The number of halogens is 1. The summed E-state index contributed by atoms with van der Waals surface area (Å²) >= 11 is 0. The van der Waals surface area contributed by atoms with Crippen molar-refractivity contribution in [1.82, 2.24) is 9.62 Å². The van der Waals surface area contributed by atoms with Crippen molar-refractivity contribution in [1.29, 1.82) is 0 Å². The van der Waals surface area contributed by atoms with Gasteiger partial charge in [0.1, 0.15) is 5.82 Å². The van der Waals surface area contributed by atoms with Crippen molar-refractivity contribution in [2.45, 2.75) is 19.4 Å². The smallest absolute Gasteiger partial charge is 0.211 e. The fraction of sp³-hybridized carbons (Fsp3) is 0.571. The van der Waals surface area contributed by atoms with Crippen LogP contribution in [0.2, 0.25) is 0 Å². The van der Waals surface area contributed by atoms with E-state index in [1.54, 1.807) is 16.4 Å². The molecule has 0 bridgehead atoms. The van der Waals surface area contributed by atoms with Crippen molar-refractivity contribution >= 4 is 10.0 Å². The molecule has 0 radical (unpaired) electrons. The second kappa shape index (κ2) is 6.65. The fourth-order valence-corrected chi connectivity index (χ4v) is 3.46. The largest absolute Gasteiger partial charge is 0.312 e. The number of nitrogens with zero attached hydrogens (tertiary/aromatic N) is 1. The standard InChI is InChI=1S/C14H21FN2O2S/c1-20(18,19)17-8-2-3-13(11-17)10-16-9-12-4-6-14(15)7-5-12/h4-7,13,16H,2-3,8-11H2,1H3. The number of sulfonamides is 1. The molecule has 1 atom stereocenters. The zero-order valence-electron chi connectivity index (χ0n) is 11.7. The molecule has 0 spiro atoms. The Morgan fingerprint density at radius 1 is 1.35 bits per heavy atom. The quantitative estimate of drug-likeness (QED) is 0.898. The Morgan fingerprint density at radius 3 is 2.70 bits per heavy atom. The zero-order valence-corrected chi connectivity index (χ0v) is 12.5. The lowest BCUT2D eigenvalue weighted by Gasteiger charge is -2.31. The Morgan fingerprint density at radius 2 is 2.05 bits per heavy atom. The summed E-state index contributed by atoms with van der Waals surface area (Å²) < 4.78 is 37.4. The Labute approximate surface area is 120 Å². The van der Waals surface area contributed by atoms with E-state index in [2.05, 4.69) is 5.32 Å². The molecule has 2 rings (SSSR count). The summed E-state index contributed by atoms with van der Waals surface area (Å²) in [5.74, 6) is 0.115. The van der Waals surface area contributed by atoms with E-state index in [0.29, 0.717) is 25.6 Å². The monoisotopic (exact) mass is 300 g/mol. The lowest BCUT2D eigenvalue weighted by Crippen LogP contribution is -2.42. The number of hydrogen-bond donors (Lipinski definition) is 1. The zero-order chi connectivity index (χ0) is 14.6. The van der Waals surface area contributed by atoms with Gasteiger partial charge in [0.15, 0.2) is 0 Å². The molecule has 1 aromatic carbocycles. The summed E-state index contributed by atoms with van der Waals surface area (Å²) in [7, 11) is -3.08. The van der Waals surface area contributed by atoms with Crippen LogP contribution in [0.25, 0.3) is 0 Å². The van der Waals surface area contributed by atoms with E-state index in [4.69, 9.17) is 0 Å². The molecule has 0 amide bonds. The van der Waals surface area contributed by atoms with Gasteiger partial charge in [-0.25, -0.2) is 17.1 Å². The predicted molar refractivity (Wildman–Crippen MR) is 77.2 cm³/mol.